The number of nitrogen functional groups attached to an aromatic ring is 1. The van der Waals surface area contributed by atoms with E-state index in [1.54, 1.807) is 6.07 Å². The molecule has 0 aromatic carbocycles. The Hall–Kier alpha value is -2.11. The minimum atomic E-state index is -0.336. The van der Waals surface area contributed by atoms with Crippen molar-refractivity contribution >= 4 is 17.6 Å². The van der Waals surface area contributed by atoms with E-state index in [0.717, 1.165) is 5.69 Å². The fraction of sp³-hybridized carbons (Fsp3) is 0.364. The Bertz CT molecular complexity index is 431. The van der Waals surface area contributed by atoms with E-state index >= 15 is 0 Å². The Morgan fingerprint density at radius 1 is 1.41 bits per heavy atom. The molecule has 0 fully saturated rings. The van der Waals surface area contributed by atoms with Gasteiger partial charge in [-0.05, 0) is 18.6 Å². The lowest BCUT2D eigenvalue weighted by Crippen LogP contribution is -2.35. The quantitative estimate of drug-likeness (QED) is 0.668. The van der Waals surface area contributed by atoms with E-state index in [9.17, 15) is 9.59 Å². The molecule has 0 spiro atoms. The summed E-state index contributed by atoms with van der Waals surface area (Å²) in [6.45, 7) is 1.87. The van der Waals surface area contributed by atoms with Crippen LogP contribution in [0.25, 0.3) is 0 Å². The van der Waals surface area contributed by atoms with Crippen molar-refractivity contribution in [3.05, 3.63) is 23.4 Å². The number of pyridine rings is 1. The van der Waals surface area contributed by atoms with Crippen LogP contribution in [-0.4, -0.2) is 30.4 Å². The molecule has 4 N–H and O–H groups in total. The molecule has 0 bridgehead atoms. The third kappa shape index (κ3) is 3.75. The maximum absolute atomic E-state index is 11.7. The van der Waals surface area contributed by atoms with Gasteiger partial charge in [0.05, 0.1) is 6.54 Å². The lowest BCUT2D eigenvalue weighted by molar-refractivity contribution is -0.119. The van der Waals surface area contributed by atoms with Crippen molar-refractivity contribution in [2.75, 3.05) is 19.3 Å². The summed E-state index contributed by atoms with van der Waals surface area (Å²) < 4.78 is 0. The number of nitrogens with two attached hydrogens (primary N) is 1. The number of hydrogen-bond donors (Lipinski definition) is 3. The molecule has 2 amide bonds. The predicted octanol–water partition coefficient (Wildman–Crippen LogP) is -0.298. The third-order valence-corrected chi connectivity index (χ3v) is 2.21. The average molecular weight is 236 g/mol. The molecule has 1 rings (SSSR count). The minimum Gasteiger partial charge on any atom is -0.384 e. The van der Waals surface area contributed by atoms with E-state index < -0.39 is 0 Å². The number of aryl methyl sites for hydroxylation is 1. The number of carbonyl (C=O) groups is 2. The van der Waals surface area contributed by atoms with Gasteiger partial charge in [0.2, 0.25) is 5.91 Å². The maximum Gasteiger partial charge on any atom is 0.251 e. The molecule has 1 aromatic rings. The number of anilines is 1. The van der Waals surface area contributed by atoms with E-state index in [0.29, 0.717) is 17.8 Å². The molecule has 0 aliphatic heterocycles. The summed E-state index contributed by atoms with van der Waals surface area (Å²) in [6.07, 6.45) is 0.695. The van der Waals surface area contributed by atoms with Crippen LogP contribution in [0, 0.1) is 0 Å². The second kappa shape index (κ2) is 5.83. The molecule has 0 saturated heterocycles. The molecule has 1 aromatic heterocycles. The van der Waals surface area contributed by atoms with Gasteiger partial charge in [0, 0.05) is 18.3 Å². The Balaban J connectivity index is 2.74. The zero-order valence-electron chi connectivity index (χ0n) is 9.91. The minimum absolute atomic E-state index is 0.0565. The van der Waals surface area contributed by atoms with Gasteiger partial charge >= 0.3 is 0 Å². The number of likely N-dealkylation sites (N-methyl/N-ethyl adjacent to an activating group) is 1. The highest BCUT2D eigenvalue weighted by molar-refractivity contribution is 5.97. The van der Waals surface area contributed by atoms with Crippen LogP contribution in [0.4, 0.5) is 5.82 Å². The van der Waals surface area contributed by atoms with Crippen molar-refractivity contribution in [3.8, 4) is 0 Å². The van der Waals surface area contributed by atoms with Crippen LogP contribution in [0.5, 0.6) is 0 Å². The van der Waals surface area contributed by atoms with E-state index in [1.165, 1.54) is 13.1 Å². The molecule has 6 nitrogen and oxygen atoms in total. The molecule has 0 atom stereocenters. The van der Waals surface area contributed by atoms with Crippen LogP contribution in [0.15, 0.2) is 12.1 Å². The van der Waals surface area contributed by atoms with Crippen molar-refractivity contribution in [3.63, 3.8) is 0 Å². The van der Waals surface area contributed by atoms with Crippen molar-refractivity contribution in [2.24, 2.45) is 0 Å². The summed E-state index contributed by atoms with van der Waals surface area (Å²) in [4.78, 5) is 26.8. The lowest BCUT2D eigenvalue weighted by atomic mass is 10.2. The van der Waals surface area contributed by atoms with Gasteiger partial charge in [-0.25, -0.2) is 4.98 Å². The van der Waals surface area contributed by atoms with E-state index in [1.807, 2.05) is 6.92 Å². The third-order valence-electron chi connectivity index (χ3n) is 2.21. The van der Waals surface area contributed by atoms with Gasteiger partial charge < -0.3 is 16.4 Å². The largest absolute Gasteiger partial charge is 0.384 e. The van der Waals surface area contributed by atoms with Crippen LogP contribution < -0.4 is 16.4 Å². The molecule has 6 heteroatoms. The van der Waals surface area contributed by atoms with Gasteiger partial charge in [-0.1, -0.05) is 6.92 Å². The van der Waals surface area contributed by atoms with E-state index in [4.69, 9.17) is 5.73 Å². The van der Waals surface area contributed by atoms with Gasteiger partial charge in [0.15, 0.2) is 0 Å². The van der Waals surface area contributed by atoms with Gasteiger partial charge in [-0.15, -0.1) is 0 Å². The van der Waals surface area contributed by atoms with Crippen molar-refractivity contribution in [2.45, 2.75) is 13.3 Å². The molecule has 0 aliphatic rings. The van der Waals surface area contributed by atoms with Crippen molar-refractivity contribution in [1.82, 2.24) is 15.6 Å². The Morgan fingerprint density at radius 2 is 2.12 bits per heavy atom. The summed E-state index contributed by atoms with van der Waals surface area (Å²) in [5, 5.41) is 4.91. The molecule has 0 radical (unpaired) electrons. The molecule has 0 unspecified atom stereocenters. The van der Waals surface area contributed by atoms with Crippen LogP contribution in [-0.2, 0) is 11.2 Å². The highest BCUT2D eigenvalue weighted by atomic mass is 16.2. The highest BCUT2D eigenvalue weighted by Gasteiger charge is 2.09. The van der Waals surface area contributed by atoms with Crippen LogP contribution in [0.3, 0.4) is 0 Å². The fourth-order valence-electron chi connectivity index (χ4n) is 1.27. The first kappa shape index (κ1) is 13.0. The summed E-state index contributed by atoms with van der Waals surface area (Å²) in [5.74, 6) is -0.289. The number of carbonyl (C=O) groups excluding carboxylic acids is 2. The highest BCUT2D eigenvalue weighted by Crippen LogP contribution is 2.08. The molecule has 92 valence electrons. The molecule has 0 saturated carbocycles. The molecule has 17 heavy (non-hydrogen) atoms. The number of nitrogens with one attached hydrogen (secondary N) is 2. The number of hydrogen-bond acceptors (Lipinski definition) is 4. The Labute approximate surface area is 99.6 Å². The first-order valence-corrected chi connectivity index (χ1v) is 5.32. The molecule has 0 aliphatic carbocycles. The second-order valence-corrected chi connectivity index (χ2v) is 3.48. The Kier molecular flexibility index (Phi) is 4.45. The zero-order chi connectivity index (χ0) is 12.8. The van der Waals surface area contributed by atoms with Crippen LogP contribution >= 0.6 is 0 Å². The van der Waals surface area contributed by atoms with E-state index in [2.05, 4.69) is 15.6 Å². The normalized spacial score (nSPS) is 9.76. The first-order valence-electron chi connectivity index (χ1n) is 5.32. The standard InChI is InChI=1S/C11H16N4O2/c1-3-8-4-7(5-9(12)15-8)11(17)14-6-10(16)13-2/h4-5H,3,6H2,1-2H3,(H2,12,15)(H,13,16)(H,14,17). The summed E-state index contributed by atoms with van der Waals surface area (Å²) in [5.41, 5.74) is 6.75. The van der Waals surface area contributed by atoms with Gasteiger partial charge in [0.25, 0.3) is 5.91 Å². The predicted molar refractivity (Wildman–Crippen MR) is 64.4 cm³/mol. The Morgan fingerprint density at radius 3 is 2.71 bits per heavy atom. The molecular formula is C11H16N4O2. The number of rotatable bonds is 4. The number of aromatic nitrogens is 1. The van der Waals surface area contributed by atoms with Gasteiger partial charge in [-0.3, -0.25) is 9.59 Å². The maximum atomic E-state index is 11.7. The fourth-order valence-corrected chi connectivity index (χ4v) is 1.27. The zero-order valence-corrected chi connectivity index (χ0v) is 9.91. The smallest absolute Gasteiger partial charge is 0.251 e. The van der Waals surface area contributed by atoms with Gasteiger partial charge in [-0.2, -0.15) is 0 Å². The van der Waals surface area contributed by atoms with Crippen molar-refractivity contribution in [1.29, 1.82) is 0 Å². The van der Waals surface area contributed by atoms with Gasteiger partial charge in [0.1, 0.15) is 5.82 Å². The topological polar surface area (TPSA) is 97.1 Å². The van der Waals surface area contributed by atoms with Crippen LogP contribution in [0.2, 0.25) is 0 Å². The molecule has 1 heterocycles. The van der Waals surface area contributed by atoms with Crippen molar-refractivity contribution < 1.29 is 9.59 Å². The summed E-state index contributed by atoms with van der Waals surface area (Å²) in [6, 6.07) is 3.15. The number of nitrogens with zero attached hydrogens (tertiary/aromatic N) is 1. The number of amides is 2. The SMILES string of the molecule is CCc1cc(C(=O)NCC(=O)NC)cc(N)n1. The molecular weight excluding hydrogens is 220 g/mol. The monoisotopic (exact) mass is 236 g/mol. The summed E-state index contributed by atoms with van der Waals surface area (Å²) in [7, 11) is 1.51. The van der Waals surface area contributed by atoms with E-state index in [-0.39, 0.29) is 18.4 Å². The second-order valence-electron chi connectivity index (χ2n) is 3.48. The van der Waals surface area contributed by atoms with Crippen LogP contribution in [0.1, 0.15) is 23.0 Å². The lowest BCUT2D eigenvalue weighted by Gasteiger charge is -2.06. The average Bonchev–Trinajstić information content (AvgIpc) is 2.34. The first-order chi connectivity index (χ1) is 8.06. The summed E-state index contributed by atoms with van der Waals surface area (Å²) >= 11 is 0.